The maximum absolute atomic E-state index is 10.9. The number of rotatable bonds is 3. The molecule has 0 heterocycles. The van der Waals surface area contributed by atoms with Crippen molar-refractivity contribution >= 4 is 21.6 Å². The molecule has 98 valence electrons. The van der Waals surface area contributed by atoms with Crippen molar-refractivity contribution in [1.29, 1.82) is 0 Å². The SMILES string of the molecule is O=[N+]([O-])c1cc(Br)ccc1OC1CCCCC1O. The largest absolute Gasteiger partial charge is 0.481 e. The van der Waals surface area contributed by atoms with Crippen LogP contribution in [-0.2, 0) is 0 Å². The molecule has 1 N–H and O–H groups in total. The Kier molecular flexibility index (Phi) is 4.19. The zero-order chi connectivity index (χ0) is 13.1. The Bertz CT molecular complexity index is 452. The normalized spacial score (nSPS) is 23.7. The summed E-state index contributed by atoms with van der Waals surface area (Å²) in [5, 5.41) is 20.7. The summed E-state index contributed by atoms with van der Waals surface area (Å²) < 4.78 is 6.23. The third-order valence-electron chi connectivity index (χ3n) is 3.06. The van der Waals surface area contributed by atoms with Gasteiger partial charge in [0.15, 0.2) is 5.75 Å². The summed E-state index contributed by atoms with van der Waals surface area (Å²) in [6, 6.07) is 4.66. The smallest absolute Gasteiger partial charge is 0.312 e. The average molecular weight is 316 g/mol. The van der Waals surface area contributed by atoms with Gasteiger partial charge in [0.25, 0.3) is 0 Å². The Morgan fingerprint density at radius 1 is 1.39 bits per heavy atom. The van der Waals surface area contributed by atoms with Gasteiger partial charge in [0.05, 0.1) is 11.0 Å². The number of nitro groups is 1. The second-order valence-corrected chi connectivity index (χ2v) is 5.29. The van der Waals surface area contributed by atoms with Crippen LogP contribution in [-0.4, -0.2) is 22.2 Å². The first-order valence-corrected chi connectivity index (χ1v) is 6.66. The number of nitro benzene ring substituents is 1. The van der Waals surface area contributed by atoms with Crippen molar-refractivity contribution in [3.05, 3.63) is 32.8 Å². The molecule has 1 aliphatic carbocycles. The van der Waals surface area contributed by atoms with Crippen LogP contribution in [0.15, 0.2) is 22.7 Å². The first-order valence-electron chi connectivity index (χ1n) is 5.86. The van der Waals surface area contributed by atoms with E-state index in [4.69, 9.17) is 4.74 Å². The molecule has 1 aromatic carbocycles. The lowest BCUT2D eigenvalue weighted by molar-refractivity contribution is -0.386. The maximum atomic E-state index is 10.9. The zero-order valence-electron chi connectivity index (χ0n) is 9.71. The molecule has 0 aromatic heterocycles. The molecule has 0 aliphatic heterocycles. The number of hydrogen-bond acceptors (Lipinski definition) is 4. The van der Waals surface area contributed by atoms with Crippen molar-refractivity contribution < 1.29 is 14.8 Å². The van der Waals surface area contributed by atoms with Gasteiger partial charge in [-0.2, -0.15) is 0 Å². The van der Waals surface area contributed by atoms with E-state index >= 15 is 0 Å². The lowest BCUT2D eigenvalue weighted by atomic mass is 9.95. The van der Waals surface area contributed by atoms with Gasteiger partial charge in [-0.1, -0.05) is 22.4 Å². The van der Waals surface area contributed by atoms with Crippen molar-refractivity contribution in [2.24, 2.45) is 0 Å². The molecule has 0 amide bonds. The minimum absolute atomic E-state index is 0.0813. The summed E-state index contributed by atoms with van der Waals surface area (Å²) in [6.07, 6.45) is 2.49. The maximum Gasteiger partial charge on any atom is 0.312 e. The van der Waals surface area contributed by atoms with Crippen LogP contribution >= 0.6 is 15.9 Å². The highest BCUT2D eigenvalue weighted by Gasteiger charge is 2.27. The molecule has 2 atom stereocenters. The molecule has 5 nitrogen and oxygen atoms in total. The van der Waals surface area contributed by atoms with Gasteiger partial charge < -0.3 is 9.84 Å². The monoisotopic (exact) mass is 315 g/mol. The molecular weight excluding hydrogens is 302 g/mol. The van der Waals surface area contributed by atoms with Gasteiger partial charge in [0.1, 0.15) is 6.10 Å². The van der Waals surface area contributed by atoms with E-state index in [1.165, 1.54) is 6.07 Å². The highest BCUT2D eigenvalue weighted by molar-refractivity contribution is 9.10. The molecule has 2 unspecified atom stereocenters. The number of ether oxygens (including phenoxy) is 1. The van der Waals surface area contributed by atoms with E-state index in [9.17, 15) is 15.2 Å². The minimum Gasteiger partial charge on any atom is -0.481 e. The van der Waals surface area contributed by atoms with E-state index in [1.807, 2.05) is 0 Å². The van der Waals surface area contributed by atoms with E-state index in [0.717, 1.165) is 19.3 Å². The Hall–Kier alpha value is -1.14. The van der Waals surface area contributed by atoms with Gasteiger partial charge in [0, 0.05) is 10.5 Å². The van der Waals surface area contributed by atoms with Gasteiger partial charge in [-0.05, 0) is 31.4 Å². The first kappa shape index (κ1) is 13.3. The quantitative estimate of drug-likeness (QED) is 0.687. The Morgan fingerprint density at radius 3 is 2.78 bits per heavy atom. The van der Waals surface area contributed by atoms with Crippen LogP contribution in [0.5, 0.6) is 5.75 Å². The summed E-state index contributed by atoms with van der Waals surface area (Å²) in [4.78, 5) is 10.5. The second kappa shape index (κ2) is 5.67. The molecule has 1 aromatic rings. The fourth-order valence-corrected chi connectivity index (χ4v) is 2.46. The van der Waals surface area contributed by atoms with Crippen LogP contribution in [0.25, 0.3) is 0 Å². The molecule has 0 radical (unpaired) electrons. The van der Waals surface area contributed by atoms with Gasteiger partial charge in [-0.3, -0.25) is 10.1 Å². The molecule has 0 saturated heterocycles. The van der Waals surface area contributed by atoms with Crippen LogP contribution < -0.4 is 4.74 Å². The topological polar surface area (TPSA) is 72.6 Å². The molecule has 0 spiro atoms. The molecule has 1 saturated carbocycles. The highest BCUT2D eigenvalue weighted by Crippen LogP contribution is 2.33. The Morgan fingerprint density at radius 2 is 2.11 bits per heavy atom. The van der Waals surface area contributed by atoms with Gasteiger partial charge in [0.2, 0.25) is 0 Å². The fraction of sp³-hybridized carbons (Fsp3) is 0.500. The van der Waals surface area contributed by atoms with Gasteiger partial charge in [-0.25, -0.2) is 0 Å². The van der Waals surface area contributed by atoms with Crippen molar-refractivity contribution in [2.75, 3.05) is 0 Å². The van der Waals surface area contributed by atoms with Crippen molar-refractivity contribution in [3.8, 4) is 5.75 Å². The number of aliphatic hydroxyl groups excluding tert-OH is 1. The number of halogens is 1. The third-order valence-corrected chi connectivity index (χ3v) is 3.56. The Labute approximate surface area is 113 Å². The van der Waals surface area contributed by atoms with Crippen LogP contribution in [0.4, 0.5) is 5.69 Å². The number of hydrogen-bond donors (Lipinski definition) is 1. The van der Waals surface area contributed by atoms with E-state index in [2.05, 4.69) is 15.9 Å². The minimum atomic E-state index is -0.540. The summed E-state index contributed by atoms with van der Waals surface area (Å²) in [5.41, 5.74) is -0.0813. The molecule has 6 heteroatoms. The van der Waals surface area contributed by atoms with Crippen molar-refractivity contribution in [2.45, 2.75) is 37.9 Å². The summed E-state index contributed by atoms with van der Waals surface area (Å²) in [6.45, 7) is 0. The van der Waals surface area contributed by atoms with Crippen molar-refractivity contribution in [3.63, 3.8) is 0 Å². The molecule has 0 bridgehead atoms. The zero-order valence-corrected chi connectivity index (χ0v) is 11.3. The van der Waals surface area contributed by atoms with Gasteiger partial charge >= 0.3 is 5.69 Å². The molecule has 2 rings (SSSR count). The van der Waals surface area contributed by atoms with E-state index in [0.29, 0.717) is 10.9 Å². The summed E-state index contributed by atoms with van der Waals surface area (Å²) in [7, 11) is 0. The summed E-state index contributed by atoms with van der Waals surface area (Å²) in [5.74, 6) is 0.217. The number of aliphatic hydroxyl groups is 1. The summed E-state index contributed by atoms with van der Waals surface area (Å²) >= 11 is 3.19. The molecule has 18 heavy (non-hydrogen) atoms. The van der Waals surface area contributed by atoms with Crippen LogP contribution in [0.1, 0.15) is 25.7 Å². The van der Waals surface area contributed by atoms with Gasteiger partial charge in [-0.15, -0.1) is 0 Å². The molecule has 1 fully saturated rings. The first-order chi connectivity index (χ1) is 8.58. The van der Waals surface area contributed by atoms with Crippen molar-refractivity contribution in [1.82, 2.24) is 0 Å². The Balaban J connectivity index is 2.20. The van der Waals surface area contributed by atoms with E-state index in [-0.39, 0.29) is 17.5 Å². The lowest BCUT2D eigenvalue weighted by Crippen LogP contribution is -2.34. The van der Waals surface area contributed by atoms with E-state index in [1.54, 1.807) is 12.1 Å². The van der Waals surface area contributed by atoms with Crippen LogP contribution in [0, 0.1) is 10.1 Å². The molecular formula is C12H14BrNO4. The molecule has 1 aliphatic rings. The lowest BCUT2D eigenvalue weighted by Gasteiger charge is -2.27. The third kappa shape index (κ3) is 3.00. The van der Waals surface area contributed by atoms with Crippen LogP contribution in [0.2, 0.25) is 0 Å². The fourth-order valence-electron chi connectivity index (χ4n) is 2.11. The highest BCUT2D eigenvalue weighted by atomic mass is 79.9. The predicted molar refractivity (Wildman–Crippen MR) is 69.7 cm³/mol. The number of benzene rings is 1. The van der Waals surface area contributed by atoms with Crippen LogP contribution in [0.3, 0.4) is 0 Å². The second-order valence-electron chi connectivity index (χ2n) is 4.38. The predicted octanol–water partition coefficient (Wildman–Crippen LogP) is 3.04. The average Bonchev–Trinajstić information content (AvgIpc) is 2.34. The standard InChI is InChI=1S/C12H14BrNO4/c13-8-5-6-11(9(7-8)14(16)17)18-12-4-2-1-3-10(12)15/h5-7,10,12,15H,1-4H2. The number of nitrogens with zero attached hydrogens (tertiary/aromatic N) is 1. The van der Waals surface area contributed by atoms with E-state index < -0.39 is 11.0 Å².